The van der Waals surface area contributed by atoms with Gasteiger partial charge in [-0.2, -0.15) is 4.72 Å². The highest BCUT2D eigenvalue weighted by Gasteiger charge is 2.26. The van der Waals surface area contributed by atoms with E-state index in [1.54, 1.807) is 18.2 Å². The minimum absolute atomic E-state index is 0.0242. The number of aliphatic carboxylic acids is 1. The summed E-state index contributed by atoms with van der Waals surface area (Å²) in [4.78, 5) is 39.6. The molecule has 0 aliphatic rings. The van der Waals surface area contributed by atoms with E-state index in [2.05, 4.69) is 15.0 Å². The number of unbranched alkanes of at least 4 members (excludes halogenated alkanes) is 1. The zero-order valence-corrected chi connectivity index (χ0v) is 21.1. The van der Waals surface area contributed by atoms with Crippen LogP contribution in [0.1, 0.15) is 23.2 Å². The third-order valence-electron chi connectivity index (χ3n) is 5.32. The summed E-state index contributed by atoms with van der Waals surface area (Å²) in [6.45, 7) is 0.459. The van der Waals surface area contributed by atoms with Crippen molar-refractivity contribution in [2.45, 2.75) is 23.8 Å². The summed E-state index contributed by atoms with van der Waals surface area (Å²) in [7, 11) is -4.14. The number of benzene rings is 1. The highest BCUT2D eigenvalue weighted by molar-refractivity contribution is 7.89. The molecule has 0 saturated carbocycles. The lowest BCUT2D eigenvalue weighted by Crippen LogP contribution is -2.78. The minimum Gasteiger partial charge on any atom is -0.493 e. The Kier molecular flexibility index (Phi) is 9.40. The van der Waals surface area contributed by atoms with Crippen LogP contribution in [-0.4, -0.2) is 61.5 Å². The molecular weight excluding hydrogens is 516 g/mol. The summed E-state index contributed by atoms with van der Waals surface area (Å²) in [5.41, 5.74) is 10.5. The van der Waals surface area contributed by atoms with E-state index in [-0.39, 0.29) is 16.4 Å². The van der Waals surface area contributed by atoms with Gasteiger partial charge in [0.05, 0.1) is 23.6 Å². The summed E-state index contributed by atoms with van der Waals surface area (Å²) in [5, 5.41) is 11.8. The number of aromatic nitrogens is 1. The van der Waals surface area contributed by atoms with Gasteiger partial charge in [0.2, 0.25) is 10.0 Å². The quantitative estimate of drug-likeness (QED) is 0.0794. The Morgan fingerprint density at radius 1 is 1.08 bits per heavy atom. The van der Waals surface area contributed by atoms with Crippen molar-refractivity contribution < 1.29 is 32.8 Å². The highest BCUT2D eigenvalue weighted by atomic mass is 32.2. The van der Waals surface area contributed by atoms with Crippen molar-refractivity contribution in [3.05, 3.63) is 76.7 Å². The molecule has 3 aromatic rings. The molecule has 0 radical (unpaired) electrons. The van der Waals surface area contributed by atoms with Crippen LogP contribution in [0.15, 0.2) is 70.5 Å². The summed E-state index contributed by atoms with van der Waals surface area (Å²) < 4.78 is 34.0. The number of nitrogens with two attached hydrogens (primary N) is 2. The maximum atomic E-state index is 12.7. The Hall–Kier alpha value is -4.43. The van der Waals surface area contributed by atoms with Crippen LogP contribution in [0.5, 0.6) is 5.75 Å². The molecule has 0 unspecified atom stereocenters. The van der Waals surface area contributed by atoms with Crippen LogP contribution in [0.25, 0.3) is 5.52 Å². The normalized spacial score (nSPS) is 12.0. The summed E-state index contributed by atoms with van der Waals surface area (Å²) in [5.74, 6) is -1.59. The number of ether oxygens (including phenoxy) is 1. The van der Waals surface area contributed by atoms with Gasteiger partial charge in [-0.15, -0.1) is 0 Å². The Morgan fingerprint density at radius 2 is 1.82 bits per heavy atom. The number of hydrogen-bond donors (Lipinski definition) is 6. The van der Waals surface area contributed by atoms with E-state index in [0.717, 1.165) is 18.9 Å². The number of sulfonamides is 1. The first-order valence-corrected chi connectivity index (χ1v) is 13.0. The van der Waals surface area contributed by atoms with Crippen molar-refractivity contribution >= 4 is 33.4 Å². The predicted octanol–water partition coefficient (Wildman–Crippen LogP) is -2.03. The molecule has 202 valence electrons. The monoisotopic (exact) mass is 545 g/mol. The van der Waals surface area contributed by atoms with Crippen LogP contribution < -0.4 is 36.8 Å². The van der Waals surface area contributed by atoms with Crippen molar-refractivity contribution in [2.75, 3.05) is 19.7 Å². The third kappa shape index (κ3) is 7.78. The minimum atomic E-state index is -4.14. The fourth-order valence-corrected chi connectivity index (χ4v) is 4.63. The molecule has 1 aromatic carbocycles. The standard InChI is InChI=1S/C24H28N6O7S/c25-24(26)27-9-4-5-11-37-18-8-10-30-17(14-18)12-16(13-21(30)31)22(32)28-15-20(23(33)34)29-38(35,36)19-6-2-1-3-7-19/h1-3,6-8,10,12-14,20,29H,4-5,9,11,15H2,(H,28,32)(H,33,34)(H4,25,26,27)/p+1/t20-/m0/s1. The third-order valence-corrected chi connectivity index (χ3v) is 6.81. The lowest BCUT2D eigenvalue weighted by Gasteiger charge is -2.16. The van der Waals surface area contributed by atoms with Gasteiger partial charge in [-0.05, 0) is 37.1 Å². The second kappa shape index (κ2) is 12.7. The fraction of sp³-hybridized carbons (Fsp3) is 0.250. The average molecular weight is 546 g/mol. The Bertz CT molecular complexity index is 1490. The van der Waals surface area contributed by atoms with Gasteiger partial charge in [-0.25, -0.2) is 8.42 Å². The molecule has 13 nitrogen and oxygen atoms in total. The van der Waals surface area contributed by atoms with Crippen LogP contribution in [0.3, 0.4) is 0 Å². The molecule has 14 heteroatoms. The molecule has 0 aliphatic carbocycles. The number of rotatable bonds is 13. The second-order valence-electron chi connectivity index (χ2n) is 8.21. The smallest absolute Gasteiger partial charge is 0.338 e. The second-order valence-corrected chi connectivity index (χ2v) is 9.93. The van der Waals surface area contributed by atoms with Crippen molar-refractivity contribution in [2.24, 2.45) is 11.5 Å². The van der Waals surface area contributed by atoms with Crippen molar-refractivity contribution in [3.8, 4) is 5.75 Å². The highest BCUT2D eigenvalue weighted by Crippen LogP contribution is 2.15. The number of pyridine rings is 2. The van der Waals surface area contributed by atoms with E-state index in [4.69, 9.17) is 16.2 Å². The maximum absolute atomic E-state index is 12.7. The number of hydrogen-bond acceptors (Lipinski definition) is 6. The molecule has 0 bridgehead atoms. The van der Waals surface area contributed by atoms with E-state index in [1.165, 1.54) is 40.9 Å². The molecule has 0 fully saturated rings. The van der Waals surface area contributed by atoms with Crippen molar-refractivity contribution in [3.63, 3.8) is 0 Å². The summed E-state index contributed by atoms with van der Waals surface area (Å²) in [6, 6.07) is 11.4. The van der Waals surface area contributed by atoms with Gasteiger partial charge in [0.25, 0.3) is 11.5 Å². The van der Waals surface area contributed by atoms with Crippen molar-refractivity contribution in [1.29, 1.82) is 0 Å². The topological polar surface area (TPSA) is 209 Å². The number of guanidine groups is 1. The van der Waals surface area contributed by atoms with E-state index < -0.39 is 40.0 Å². The number of carbonyl (C=O) groups excluding carboxylic acids is 1. The SMILES string of the molecule is NC(N)=[NH+]CCCCOc1ccn2c(=O)cc(C(=O)NC[C@H](NS(=O)(=O)c3ccccc3)C(=O)O)cc2c1. The van der Waals surface area contributed by atoms with E-state index in [9.17, 15) is 27.9 Å². The molecule has 0 saturated heterocycles. The number of carboxylic acids is 1. The Balaban J connectivity index is 1.67. The van der Waals surface area contributed by atoms with Gasteiger partial charge in [0.15, 0.2) is 0 Å². The number of nitrogens with one attached hydrogen (secondary N) is 3. The number of carboxylic acid groups (broad SMARTS) is 1. The molecule has 0 spiro atoms. The molecule has 38 heavy (non-hydrogen) atoms. The lowest BCUT2D eigenvalue weighted by molar-refractivity contribution is -0.459. The number of nitrogens with zero attached hydrogens (tertiary/aromatic N) is 1. The van der Waals surface area contributed by atoms with Gasteiger partial charge >= 0.3 is 11.9 Å². The molecule has 1 amide bonds. The molecule has 2 aromatic heterocycles. The predicted molar refractivity (Wildman–Crippen MR) is 138 cm³/mol. The van der Waals surface area contributed by atoms with Crippen LogP contribution >= 0.6 is 0 Å². The number of carbonyl (C=O) groups is 2. The number of fused-ring (bicyclic) bond motifs is 1. The largest absolute Gasteiger partial charge is 0.493 e. The average Bonchev–Trinajstić information content (AvgIpc) is 2.88. The van der Waals surface area contributed by atoms with Crippen LogP contribution in [0.4, 0.5) is 0 Å². The number of amides is 1. The van der Waals surface area contributed by atoms with Crippen LogP contribution in [0.2, 0.25) is 0 Å². The van der Waals surface area contributed by atoms with Gasteiger partial charge < -0.3 is 15.2 Å². The lowest BCUT2D eigenvalue weighted by atomic mass is 10.2. The molecule has 2 heterocycles. The van der Waals surface area contributed by atoms with Crippen LogP contribution in [0, 0.1) is 0 Å². The van der Waals surface area contributed by atoms with Crippen molar-refractivity contribution in [1.82, 2.24) is 14.4 Å². The van der Waals surface area contributed by atoms with Gasteiger partial charge in [0, 0.05) is 30.4 Å². The molecule has 0 aliphatic heterocycles. The fourth-order valence-electron chi connectivity index (χ4n) is 3.41. The first-order chi connectivity index (χ1) is 18.1. The van der Waals surface area contributed by atoms with E-state index >= 15 is 0 Å². The first kappa shape index (κ1) is 28.1. The Morgan fingerprint density at radius 3 is 2.50 bits per heavy atom. The summed E-state index contributed by atoms with van der Waals surface area (Å²) >= 11 is 0. The van der Waals surface area contributed by atoms with Gasteiger partial charge in [0.1, 0.15) is 11.8 Å². The van der Waals surface area contributed by atoms with E-state index in [1.807, 2.05) is 0 Å². The Labute approximate surface area is 218 Å². The van der Waals surface area contributed by atoms with Crippen LogP contribution in [-0.2, 0) is 14.8 Å². The summed E-state index contributed by atoms with van der Waals surface area (Å²) in [6.07, 6.45) is 3.01. The molecule has 8 N–H and O–H groups in total. The van der Waals surface area contributed by atoms with E-state index in [0.29, 0.717) is 24.4 Å². The zero-order valence-electron chi connectivity index (χ0n) is 20.3. The van der Waals surface area contributed by atoms with Gasteiger partial charge in [-0.1, -0.05) is 18.2 Å². The molecular formula is C24H29N6O7S+. The molecule has 1 atom stereocenters. The zero-order chi connectivity index (χ0) is 27.7. The maximum Gasteiger partial charge on any atom is 0.338 e. The molecule has 3 rings (SSSR count). The van der Waals surface area contributed by atoms with Gasteiger partial charge in [-0.3, -0.25) is 35.2 Å². The first-order valence-electron chi connectivity index (χ1n) is 11.6.